The van der Waals surface area contributed by atoms with Crippen LogP contribution in [0.25, 0.3) is 0 Å². The second kappa shape index (κ2) is 8.30. The van der Waals surface area contributed by atoms with E-state index in [1.54, 1.807) is 23.1 Å². The normalized spacial score (nSPS) is 15.5. The summed E-state index contributed by atoms with van der Waals surface area (Å²) in [6, 6.07) is 16.2. The Bertz CT molecular complexity index is 742. The highest BCUT2D eigenvalue weighted by atomic mass is 79.9. The first-order valence-corrected chi connectivity index (χ1v) is 9.25. The lowest BCUT2D eigenvalue weighted by molar-refractivity contribution is -0.142. The van der Waals surface area contributed by atoms with Crippen LogP contribution in [0.3, 0.4) is 0 Å². The van der Waals surface area contributed by atoms with Crippen LogP contribution >= 0.6 is 15.9 Å². The molecule has 1 atom stereocenters. The van der Waals surface area contributed by atoms with E-state index in [2.05, 4.69) is 15.9 Å². The molecule has 1 saturated heterocycles. The molecule has 4 nitrogen and oxygen atoms in total. The molecule has 130 valence electrons. The number of carbonyl (C=O) groups excluding carboxylic acids is 2. The van der Waals surface area contributed by atoms with Crippen molar-refractivity contribution in [1.82, 2.24) is 4.90 Å². The highest BCUT2D eigenvalue weighted by Gasteiger charge is 2.30. The zero-order valence-electron chi connectivity index (χ0n) is 13.9. The van der Waals surface area contributed by atoms with Crippen LogP contribution in [0.1, 0.15) is 41.3 Å². The lowest BCUT2D eigenvalue weighted by Gasteiger charge is -2.30. The third-order valence-corrected chi connectivity index (χ3v) is 4.77. The van der Waals surface area contributed by atoms with E-state index >= 15 is 0 Å². The molecule has 0 unspecified atom stereocenters. The van der Waals surface area contributed by atoms with Crippen LogP contribution in [0.2, 0.25) is 0 Å². The van der Waals surface area contributed by atoms with Crippen LogP contribution < -0.4 is 0 Å². The number of rotatable bonds is 4. The molecule has 1 amide bonds. The van der Waals surface area contributed by atoms with Gasteiger partial charge in [0.05, 0.1) is 5.56 Å². The number of hydrogen-bond donors (Lipinski definition) is 0. The summed E-state index contributed by atoms with van der Waals surface area (Å²) in [5.74, 6) is -0.644. The molecule has 0 radical (unpaired) electrons. The van der Waals surface area contributed by atoms with E-state index < -0.39 is 12.1 Å². The van der Waals surface area contributed by atoms with Crippen LogP contribution in [0.15, 0.2) is 59.1 Å². The van der Waals surface area contributed by atoms with E-state index in [-0.39, 0.29) is 5.91 Å². The molecule has 0 spiro atoms. The summed E-state index contributed by atoms with van der Waals surface area (Å²) in [7, 11) is 0. The summed E-state index contributed by atoms with van der Waals surface area (Å²) < 4.78 is 6.43. The quantitative estimate of drug-likeness (QED) is 0.714. The van der Waals surface area contributed by atoms with Crippen LogP contribution in [0.5, 0.6) is 0 Å². The molecule has 2 aromatic carbocycles. The van der Waals surface area contributed by atoms with Crippen molar-refractivity contribution in [1.29, 1.82) is 0 Å². The highest BCUT2D eigenvalue weighted by molar-refractivity contribution is 9.10. The average Bonchev–Trinajstić information content (AvgIpc) is 2.67. The van der Waals surface area contributed by atoms with Gasteiger partial charge in [0, 0.05) is 23.1 Å². The van der Waals surface area contributed by atoms with Gasteiger partial charge in [-0.3, -0.25) is 4.79 Å². The van der Waals surface area contributed by atoms with Gasteiger partial charge in [0.15, 0.2) is 0 Å². The fraction of sp³-hybridized carbons (Fsp3) is 0.300. The number of benzene rings is 2. The molecule has 0 bridgehead atoms. The number of esters is 1. The molecule has 1 fully saturated rings. The number of carbonyl (C=O) groups is 2. The lowest BCUT2D eigenvalue weighted by atomic mass is 10.1. The van der Waals surface area contributed by atoms with Crippen LogP contribution in [-0.2, 0) is 9.53 Å². The minimum absolute atomic E-state index is 0.144. The SMILES string of the molecule is O=C(O[C@@H](C(=O)N1CCCCC1)c1ccccc1)c1cccc(Br)c1. The molecule has 1 heterocycles. The Hall–Kier alpha value is -2.14. The Balaban J connectivity index is 1.83. The molecule has 2 aromatic rings. The van der Waals surface area contributed by atoms with Gasteiger partial charge in [0.1, 0.15) is 0 Å². The summed E-state index contributed by atoms with van der Waals surface area (Å²) in [6.45, 7) is 1.44. The zero-order chi connectivity index (χ0) is 17.6. The number of piperidine rings is 1. The van der Waals surface area contributed by atoms with Gasteiger partial charge in [0.25, 0.3) is 5.91 Å². The van der Waals surface area contributed by atoms with Gasteiger partial charge in [-0.2, -0.15) is 0 Å². The number of amides is 1. The third-order valence-electron chi connectivity index (χ3n) is 4.28. The number of ether oxygens (including phenoxy) is 1. The third kappa shape index (κ3) is 4.48. The van der Waals surface area contributed by atoms with Crippen molar-refractivity contribution in [3.05, 3.63) is 70.2 Å². The molecular formula is C20H20BrNO3. The minimum Gasteiger partial charge on any atom is -0.444 e. The Kier molecular flexibility index (Phi) is 5.87. The van der Waals surface area contributed by atoms with E-state index in [9.17, 15) is 9.59 Å². The fourth-order valence-electron chi connectivity index (χ4n) is 2.96. The first-order valence-electron chi connectivity index (χ1n) is 8.45. The molecule has 0 saturated carbocycles. The first-order chi connectivity index (χ1) is 12.1. The molecule has 0 aliphatic carbocycles. The van der Waals surface area contributed by atoms with Gasteiger partial charge >= 0.3 is 5.97 Å². The molecular weight excluding hydrogens is 382 g/mol. The summed E-state index contributed by atoms with van der Waals surface area (Å²) >= 11 is 3.35. The van der Waals surface area contributed by atoms with Gasteiger partial charge < -0.3 is 9.64 Å². The van der Waals surface area contributed by atoms with Gasteiger partial charge in [-0.1, -0.05) is 52.3 Å². The van der Waals surface area contributed by atoms with Crippen molar-refractivity contribution in [2.75, 3.05) is 13.1 Å². The number of likely N-dealkylation sites (tertiary alicyclic amines) is 1. The second-order valence-corrected chi connectivity index (χ2v) is 7.01. The lowest BCUT2D eigenvalue weighted by Crippen LogP contribution is -2.40. The summed E-state index contributed by atoms with van der Waals surface area (Å²) in [5.41, 5.74) is 1.11. The number of nitrogens with zero attached hydrogens (tertiary/aromatic N) is 1. The van der Waals surface area contributed by atoms with E-state index in [1.165, 1.54) is 0 Å². The Morgan fingerprint density at radius 3 is 2.36 bits per heavy atom. The molecule has 25 heavy (non-hydrogen) atoms. The van der Waals surface area contributed by atoms with Crippen molar-refractivity contribution >= 4 is 27.8 Å². The average molecular weight is 402 g/mol. The van der Waals surface area contributed by atoms with E-state index in [4.69, 9.17) is 4.74 Å². The number of hydrogen-bond acceptors (Lipinski definition) is 3. The monoisotopic (exact) mass is 401 g/mol. The predicted molar refractivity (Wildman–Crippen MR) is 99.2 cm³/mol. The van der Waals surface area contributed by atoms with E-state index in [0.717, 1.165) is 36.8 Å². The Labute approximate surface area is 155 Å². The molecule has 3 rings (SSSR count). The van der Waals surface area contributed by atoms with E-state index in [1.807, 2.05) is 36.4 Å². The van der Waals surface area contributed by atoms with Crippen molar-refractivity contribution < 1.29 is 14.3 Å². The molecule has 5 heteroatoms. The van der Waals surface area contributed by atoms with Crippen molar-refractivity contribution in [2.24, 2.45) is 0 Å². The smallest absolute Gasteiger partial charge is 0.339 e. The second-order valence-electron chi connectivity index (χ2n) is 6.09. The van der Waals surface area contributed by atoms with Crippen molar-refractivity contribution in [3.8, 4) is 0 Å². The maximum Gasteiger partial charge on any atom is 0.339 e. The summed E-state index contributed by atoms with van der Waals surface area (Å²) in [6.07, 6.45) is 2.21. The molecule has 1 aliphatic rings. The van der Waals surface area contributed by atoms with E-state index in [0.29, 0.717) is 11.1 Å². The molecule has 0 aromatic heterocycles. The summed E-state index contributed by atoms with van der Waals surface area (Å²) in [4.78, 5) is 27.3. The first kappa shape index (κ1) is 17.7. The topological polar surface area (TPSA) is 46.6 Å². The van der Waals surface area contributed by atoms with Crippen LogP contribution in [0.4, 0.5) is 0 Å². The van der Waals surface area contributed by atoms with Crippen LogP contribution in [0, 0.1) is 0 Å². The maximum atomic E-state index is 13.0. The van der Waals surface area contributed by atoms with Crippen molar-refractivity contribution in [3.63, 3.8) is 0 Å². The largest absolute Gasteiger partial charge is 0.444 e. The number of halogens is 1. The van der Waals surface area contributed by atoms with Gasteiger partial charge in [0.2, 0.25) is 6.10 Å². The van der Waals surface area contributed by atoms with Gasteiger partial charge in [-0.25, -0.2) is 4.79 Å². The van der Waals surface area contributed by atoms with Gasteiger partial charge in [-0.05, 0) is 37.5 Å². The Morgan fingerprint density at radius 1 is 0.960 bits per heavy atom. The molecule has 0 N–H and O–H groups in total. The van der Waals surface area contributed by atoms with Crippen LogP contribution in [-0.4, -0.2) is 29.9 Å². The molecule has 1 aliphatic heterocycles. The predicted octanol–water partition coefficient (Wildman–Crippen LogP) is 4.36. The Morgan fingerprint density at radius 2 is 1.68 bits per heavy atom. The standard InChI is InChI=1S/C20H20BrNO3/c21-17-11-7-10-16(14-17)20(24)25-18(15-8-3-1-4-9-15)19(23)22-12-5-2-6-13-22/h1,3-4,7-11,14,18H,2,5-6,12-13H2/t18-/m1/s1. The summed E-state index contributed by atoms with van der Waals surface area (Å²) in [5, 5.41) is 0. The zero-order valence-corrected chi connectivity index (χ0v) is 15.4. The fourth-order valence-corrected chi connectivity index (χ4v) is 3.36. The maximum absolute atomic E-state index is 13.0. The minimum atomic E-state index is -0.911. The highest BCUT2D eigenvalue weighted by Crippen LogP contribution is 2.24. The van der Waals surface area contributed by atoms with Crippen molar-refractivity contribution in [2.45, 2.75) is 25.4 Å². The van der Waals surface area contributed by atoms with Gasteiger partial charge in [-0.15, -0.1) is 0 Å².